The quantitative estimate of drug-likeness (QED) is 0.692. The number of nitrogens with zero attached hydrogens (tertiary/aromatic N) is 3. The van der Waals surface area contributed by atoms with Gasteiger partial charge in [0.25, 0.3) is 0 Å². The zero-order valence-electron chi connectivity index (χ0n) is 11.8. The summed E-state index contributed by atoms with van der Waals surface area (Å²) in [6.45, 7) is 5.13. The molecule has 4 heteroatoms. The van der Waals surface area contributed by atoms with Crippen LogP contribution in [0.1, 0.15) is 32.0 Å². The number of hydrogen-bond donors (Lipinski definition) is 0. The van der Waals surface area contributed by atoms with E-state index in [0.29, 0.717) is 6.04 Å². The first kappa shape index (κ1) is 13.3. The Morgan fingerprint density at radius 2 is 2.05 bits per heavy atom. The predicted octanol–water partition coefficient (Wildman–Crippen LogP) is 4.51. The SMILES string of the molecule is CCC(C)n1ccc(Cn2ccc3ccc(Cl)cc32)n1. The van der Waals surface area contributed by atoms with Gasteiger partial charge in [-0.05, 0) is 43.0 Å². The number of hydrogen-bond acceptors (Lipinski definition) is 1. The van der Waals surface area contributed by atoms with Crippen LogP contribution in [0.3, 0.4) is 0 Å². The first-order valence-corrected chi connectivity index (χ1v) is 7.33. The van der Waals surface area contributed by atoms with Crippen LogP contribution in [0.25, 0.3) is 10.9 Å². The fourth-order valence-corrected chi connectivity index (χ4v) is 2.53. The monoisotopic (exact) mass is 287 g/mol. The maximum Gasteiger partial charge on any atom is 0.0821 e. The Labute approximate surface area is 123 Å². The highest BCUT2D eigenvalue weighted by Gasteiger charge is 2.07. The minimum Gasteiger partial charge on any atom is -0.341 e. The van der Waals surface area contributed by atoms with Crippen molar-refractivity contribution < 1.29 is 0 Å². The fourth-order valence-electron chi connectivity index (χ4n) is 2.36. The molecule has 2 heterocycles. The molecule has 20 heavy (non-hydrogen) atoms. The second-order valence-electron chi connectivity index (χ2n) is 5.19. The summed E-state index contributed by atoms with van der Waals surface area (Å²) in [4.78, 5) is 0. The average molecular weight is 288 g/mol. The van der Waals surface area contributed by atoms with Crippen LogP contribution >= 0.6 is 11.6 Å². The van der Waals surface area contributed by atoms with Crippen LogP contribution in [0.15, 0.2) is 42.7 Å². The van der Waals surface area contributed by atoms with Crippen molar-refractivity contribution in [2.45, 2.75) is 32.9 Å². The average Bonchev–Trinajstić information content (AvgIpc) is 3.06. The van der Waals surface area contributed by atoms with E-state index in [2.05, 4.69) is 48.0 Å². The molecule has 1 aromatic carbocycles. The van der Waals surface area contributed by atoms with Gasteiger partial charge in [0.2, 0.25) is 0 Å². The van der Waals surface area contributed by atoms with E-state index in [-0.39, 0.29) is 0 Å². The molecule has 1 atom stereocenters. The van der Waals surface area contributed by atoms with Gasteiger partial charge >= 0.3 is 0 Å². The molecule has 0 saturated carbocycles. The molecule has 3 aromatic rings. The number of benzene rings is 1. The van der Waals surface area contributed by atoms with E-state index in [1.54, 1.807) is 0 Å². The lowest BCUT2D eigenvalue weighted by atomic mass is 10.2. The standard InChI is InChI=1S/C16H18ClN3/c1-3-12(2)20-9-7-15(18-20)11-19-8-6-13-4-5-14(17)10-16(13)19/h4-10,12H,3,11H2,1-2H3. The minimum absolute atomic E-state index is 0.444. The summed E-state index contributed by atoms with van der Waals surface area (Å²) in [5.41, 5.74) is 2.22. The molecule has 0 fully saturated rings. The van der Waals surface area contributed by atoms with Gasteiger partial charge in [0.1, 0.15) is 0 Å². The Hall–Kier alpha value is -1.74. The number of aromatic nitrogens is 3. The first-order chi connectivity index (χ1) is 9.67. The Kier molecular flexibility index (Phi) is 3.53. The first-order valence-electron chi connectivity index (χ1n) is 6.96. The lowest BCUT2D eigenvalue weighted by molar-refractivity contribution is 0.472. The lowest BCUT2D eigenvalue weighted by Crippen LogP contribution is -2.06. The smallest absolute Gasteiger partial charge is 0.0821 e. The fraction of sp³-hybridized carbons (Fsp3) is 0.312. The van der Waals surface area contributed by atoms with Crippen molar-refractivity contribution >= 4 is 22.5 Å². The Morgan fingerprint density at radius 1 is 1.20 bits per heavy atom. The molecule has 3 rings (SSSR count). The molecule has 0 radical (unpaired) electrons. The van der Waals surface area contributed by atoms with E-state index in [0.717, 1.165) is 29.2 Å². The van der Waals surface area contributed by atoms with Crippen molar-refractivity contribution in [2.24, 2.45) is 0 Å². The maximum atomic E-state index is 6.08. The van der Waals surface area contributed by atoms with Gasteiger partial charge in [-0.1, -0.05) is 24.6 Å². The van der Waals surface area contributed by atoms with Crippen molar-refractivity contribution in [3.8, 4) is 0 Å². The summed E-state index contributed by atoms with van der Waals surface area (Å²) >= 11 is 6.08. The normalized spacial score (nSPS) is 12.9. The Morgan fingerprint density at radius 3 is 2.85 bits per heavy atom. The van der Waals surface area contributed by atoms with Crippen LogP contribution in [0, 0.1) is 0 Å². The van der Waals surface area contributed by atoms with Crippen LogP contribution in [-0.4, -0.2) is 14.3 Å². The summed E-state index contributed by atoms with van der Waals surface area (Å²) in [5, 5.41) is 6.62. The van der Waals surface area contributed by atoms with E-state index in [1.165, 1.54) is 5.39 Å². The molecular weight excluding hydrogens is 270 g/mol. The van der Waals surface area contributed by atoms with Gasteiger partial charge in [-0.25, -0.2) is 0 Å². The van der Waals surface area contributed by atoms with Gasteiger partial charge in [-0.15, -0.1) is 0 Å². The highest BCUT2D eigenvalue weighted by atomic mass is 35.5. The topological polar surface area (TPSA) is 22.8 Å². The molecular formula is C16H18ClN3. The Balaban J connectivity index is 1.89. The van der Waals surface area contributed by atoms with Gasteiger partial charge < -0.3 is 4.57 Å². The number of fused-ring (bicyclic) bond motifs is 1. The molecule has 104 valence electrons. The van der Waals surface area contributed by atoms with Crippen molar-refractivity contribution in [1.82, 2.24) is 14.3 Å². The van der Waals surface area contributed by atoms with Gasteiger partial charge in [-0.2, -0.15) is 5.10 Å². The summed E-state index contributed by atoms with van der Waals surface area (Å²) in [6.07, 6.45) is 5.23. The van der Waals surface area contributed by atoms with Crippen LogP contribution in [0.5, 0.6) is 0 Å². The molecule has 0 saturated heterocycles. The van der Waals surface area contributed by atoms with Crippen LogP contribution in [0.4, 0.5) is 0 Å². The van der Waals surface area contributed by atoms with Crippen molar-refractivity contribution in [1.29, 1.82) is 0 Å². The Bertz CT molecular complexity index is 726. The summed E-state index contributed by atoms with van der Waals surface area (Å²) in [6, 6.07) is 10.6. The lowest BCUT2D eigenvalue weighted by Gasteiger charge is -2.08. The van der Waals surface area contributed by atoms with Gasteiger partial charge in [0, 0.05) is 29.0 Å². The van der Waals surface area contributed by atoms with Crippen LogP contribution < -0.4 is 0 Å². The molecule has 0 bridgehead atoms. The molecule has 0 amide bonds. The third kappa shape index (κ3) is 2.46. The molecule has 2 aromatic heterocycles. The van der Waals surface area contributed by atoms with E-state index < -0.39 is 0 Å². The summed E-state index contributed by atoms with van der Waals surface area (Å²) in [7, 11) is 0. The van der Waals surface area contributed by atoms with Gasteiger partial charge in [0.05, 0.1) is 12.2 Å². The van der Waals surface area contributed by atoms with Crippen molar-refractivity contribution in [3.63, 3.8) is 0 Å². The van der Waals surface area contributed by atoms with Gasteiger partial charge in [-0.3, -0.25) is 4.68 Å². The maximum absolute atomic E-state index is 6.08. The highest BCUT2D eigenvalue weighted by Crippen LogP contribution is 2.21. The van der Waals surface area contributed by atoms with Gasteiger partial charge in [0.15, 0.2) is 0 Å². The second-order valence-corrected chi connectivity index (χ2v) is 5.63. The van der Waals surface area contributed by atoms with E-state index in [1.807, 2.05) is 22.9 Å². The molecule has 0 aliphatic rings. The third-order valence-corrected chi connectivity index (χ3v) is 4.01. The second kappa shape index (κ2) is 5.33. The van der Waals surface area contributed by atoms with Crippen LogP contribution in [0.2, 0.25) is 5.02 Å². The largest absolute Gasteiger partial charge is 0.341 e. The zero-order valence-corrected chi connectivity index (χ0v) is 12.5. The summed E-state index contributed by atoms with van der Waals surface area (Å²) < 4.78 is 4.22. The number of rotatable bonds is 4. The molecule has 1 unspecified atom stereocenters. The number of halogens is 1. The van der Waals surface area contributed by atoms with E-state index in [4.69, 9.17) is 11.6 Å². The van der Waals surface area contributed by atoms with Crippen molar-refractivity contribution in [3.05, 3.63) is 53.4 Å². The molecule has 0 aliphatic carbocycles. The van der Waals surface area contributed by atoms with E-state index in [9.17, 15) is 0 Å². The zero-order chi connectivity index (χ0) is 14.1. The minimum atomic E-state index is 0.444. The molecule has 0 spiro atoms. The van der Waals surface area contributed by atoms with Crippen LogP contribution in [-0.2, 0) is 6.54 Å². The highest BCUT2D eigenvalue weighted by molar-refractivity contribution is 6.31. The molecule has 3 nitrogen and oxygen atoms in total. The predicted molar refractivity (Wildman–Crippen MR) is 83.3 cm³/mol. The molecule has 0 N–H and O–H groups in total. The summed E-state index contributed by atoms with van der Waals surface area (Å²) in [5.74, 6) is 0. The molecule has 0 aliphatic heterocycles. The third-order valence-electron chi connectivity index (χ3n) is 3.77. The van der Waals surface area contributed by atoms with E-state index >= 15 is 0 Å². The van der Waals surface area contributed by atoms with Crippen molar-refractivity contribution in [2.75, 3.05) is 0 Å².